The summed E-state index contributed by atoms with van der Waals surface area (Å²) in [5.74, 6) is 0.238. The summed E-state index contributed by atoms with van der Waals surface area (Å²) < 4.78 is 5.16. The normalized spacial score (nSPS) is 14.6. The van der Waals surface area contributed by atoms with E-state index in [9.17, 15) is 9.59 Å². The van der Waals surface area contributed by atoms with E-state index in [-0.39, 0.29) is 18.0 Å². The molecule has 0 unspecified atom stereocenters. The number of hydrogen-bond donors (Lipinski definition) is 2. The van der Waals surface area contributed by atoms with E-state index in [0.717, 1.165) is 5.69 Å². The lowest BCUT2D eigenvalue weighted by Gasteiger charge is -2.32. The van der Waals surface area contributed by atoms with E-state index in [2.05, 4.69) is 15.6 Å². The van der Waals surface area contributed by atoms with Crippen LogP contribution >= 0.6 is 0 Å². The van der Waals surface area contributed by atoms with Crippen molar-refractivity contribution in [1.29, 1.82) is 0 Å². The number of urea groups is 1. The fourth-order valence-electron chi connectivity index (χ4n) is 2.99. The number of hydrogen-bond acceptors (Lipinski definition) is 4. The molecule has 0 aliphatic carbocycles. The van der Waals surface area contributed by atoms with Gasteiger partial charge in [0.25, 0.3) is 5.91 Å². The maximum absolute atomic E-state index is 12.7. The van der Waals surface area contributed by atoms with E-state index >= 15 is 0 Å². The Bertz CT molecular complexity index is 758. The summed E-state index contributed by atoms with van der Waals surface area (Å²) in [6, 6.07) is 12.5. The molecular weight excluding hydrogens is 332 g/mol. The van der Waals surface area contributed by atoms with Crippen LogP contribution in [0.25, 0.3) is 0 Å². The van der Waals surface area contributed by atoms with Gasteiger partial charge in [0, 0.05) is 31.0 Å². The molecule has 1 aromatic heterocycles. The first-order valence-electron chi connectivity index (χ1n) is 8.58. The van der Waals surface area contributed by atoms with E-state index in [0.29, 0.717) is 37.4 Å². The average molecular weight is 354 g/mol. The number of nitrogens with zero attached hydrogens (tertiary/aromatic N) is 2. The number of aromatic nitrogens is 1. The first-order valence-corrected chi connectivity index (χ1v) is 8.58. The number of methoxy groups -OCH3 is 1. The maximum atomic E-state index is 12.7. The van der Waals surface area contributed by atoms with Crippen molar-refractivity contribution in [3.8, 4) is 5.88 Å². The van der Waals surface area contributed by atoms with Gasteiger partial charge in [0.2, 0.25) is 5.88 Å². The number of para-hydroxylation sites is 1. The molecule has 3 rings (SSSR count). The molecule has 1 aromatic carbocycles. The predicted octanol–water partition coefficient (Wildman–Crippen LogP) is 2.52. The summed E-state index contributed by atoms with van der Waals surface area (Å²) in [5.41, 5.74) is 1.21. The minimum atomic E-state index is -0.227. The van der Waals surface area contributed by atoms with Gasteiger partial charge in [-0.3, -0.25) is 4.79 Å². The molecule has 1 aliphatic rings. The van der Waals surface area contributed by atoms with Crippen LogP contribution in [0.4, 0.5) is 10.5 Å². The zero-order valence-corrected chi connectivity index (χ0v) is 14.6. The Morgan fingerprint density at radius 1 is 1.12 bits per heavy atom. The molecule has 1 aliphatic heterocycles. The molecule has 0 atom stereocenters. The lowest BCUT2D eigenvalue weighted by molar-refractivity contribution is 0.0704. The Morgan fingerprint density at radius 3 is 2.54 bits per heavy atom. The molecule has 2 heterocycles. The van der Waals surface area contributed by atoms with Crippen LogP contribution in [0.3, 0.4) is 0 Å². The molecule has 7 heteroatoms. The highest BCUT2D eigenvalue weighted by Crippen LogP contribution is 2.19. The fraction of sp³-hybridized carbons (Fsp3) is 0.316. The number of ether oxygens (including phenoxy) is 1. The van der Waals surface area contributed by atoms with Gasteiger partial charge in [-0.2, -0.15) is 0 Å². The zero-order chi connectivity index (χ0) is 18.4. The summed E-state index contributed by atoms with van der Waals surface area (Å²) >= 11 is 0. The minimum Gasteiger partial charge on any atom is -0.480 e. The molecule has 7 nitrogen and oxygen atoms in total. The minimum absolute atomic E-state index is 0.0403. The van der Waals surface area contributed by atoms with Crippen LogP contribution in [0.15, 0.2) is 48.7 Å². The van der Waals surface area contributed by atoms with Crippen molar-refractivity contribution in [2.24, 2.45) is 0 Å². The number of likely N-dealkylation sites (tertiary alicyclic amines) is 1. The Balaban J connectivity index is 1.51. The van der Waals surface area contributed by atoms with Crippen LogP contribution in [-0.4, -0.2) is 48.1 Å². The zero-order valence-electron chi connectivity index (χ0n) is 14.6. The Labute approximate surface area is 152 Å². The van der Waals surface area contributed by atoms with Crippen LogP contribution in [0, 0.1) is 0 Å². The summed E-state index contributed by atoms with van der Waals surface area (Å²) in [6.07, 6.45) is 3.00. The smallest absolute Gasteiger partial charge is 0.319 e. The maximum Gasteiger partial charge on any atom is 0.319 e. The molecule has 0 radical (unpaired) electrons. The highest BCUT2D eigenvalue weighted by molar-refractivity contribution is 5.96. The molecule has 3 amide bonds. The van der Waals surface area contributed by atoms with Crippen LogP contribution in [0.2, 0.25) is 0 Å². The molecule has 2 aromatic rings. The second kappa shape index (κ2) is 8.33. The number of pyridine rings is 1. The lowest BCUT2D eigenvalue weighted by atomic mass is 10.0. The average Bonchev–Trinajstić information content (AvgIpc) is 2.68. The van der Waals surface area contributed by atoms with Crippen molar-refractivity contribution in [2.45, 2.75) is 18.9 Å². The SMILES string of the molecule is COc1ncccc1C(=O)N1CCC(NC(=O)Nc2ccccc2)CC1. The summed E-state index contributed by atoms with van der Waals surface area (Å²) in [6.45, 7) is 1.15. The van der Waals surface area contributed by atoms with Crippen LogP contribution in [0.5, 0.6) is 5.88 Å². The van der Waals surface area contributed by atoms with Crippen molar-refractivity contribution < 1.29 is 14.3 Å². The second-order valence-corrected chi connectivity index (χ2v) is 6.09. The third kappa shape index (κ3) is 4.30. The van der Waals surface area contributed by atoms with Crippen LogP contribution < -0.4 is 15.4 Å². The Hall–Kier alpha value is -3.09. The molecule has 2 N–H and O–H groups in total. The Morgan fingerprint density at radius 2 is 1.85 bits per heavy atom. The van der Waals surface area contributed by atoms with E-state index in [4.69, 9.17) is 4.74 Å². The fourth-order valence-corrected chi connectivity index (χ4v) is 2.99. The van der Waals surface area contributed by atoms with Crippen molar-refractivity contribution in [3.63, 3.8) is 0 Å². The van der Waals surface area contributed by atoms with E-state index in [1.54, 1.807) is 23.2 Å². The van der Waals surface area contributed by atoms with Gasteiger partial charge < -0.3 is 20.3 Å². The summed E-state index contributed by atoms with van der Waals surface area (Å²) in [4.78, 5) is 30.6. The number of nitrogens with one attached hydrogen (secondary N) is 2. The number of anilines is 1. The van der Waals surface area contributed by atoms with Gasteiger partial charge in [-0.05, 0) is 37.1 Å². The van der Waals surface area contributed by atoms with Crippen molar-refractivity contribution in [1.82, 2.24) is 15.2 Å². The topological polar surface area (TPSA) is 83.6 Å². The van der Waals surface area contributed by atoms with E-state index in [1.165, 1.54) is 7.11 Å². The number of carbonyl (C=O) groups excluding carboxylic acids is 2. The van der Waals surface area contributed by atoms with E-state index in [1.807, 2.05) is 30.3 Å². The standard InChI is InChI=1S/C19H22N4O3/c1-26-17-16(8-5-11-20-17)18(24)23-12-9-15(10-13-23)22-19(25)21-14-6-3-2-4-7-14/h2-8,11,15H,9-10,12-13H2,1H3,(H2,21,22,25). The van der Waals surface area contributed by atoms with Gasteiger partial charge in [0.05, 0.1) is 7.11 Å². The van der Waals surface area contributed by atoms with Gasteiger partial charge in [0.1, 0.15) is 5.56 Å². The van der Waals surface area contributed by atoms with Gasteiger partial charge in [0.15, 0.2) is 0 Å². The molecule has 1 saturated heterocycles. The number of amides is 3. The molecule has 0 spiro atoms. The first-order chi connectivity index (χ1) is 12.7. The monoisotopic (exact) mass is 354 g/mol. The molecule has 136 valence electrons. The number of carbonyl (C=O) groups is 2. The Kier molecular flexibility index (Phi) is 5.68. The van der Waals surface area contributed by atoms with Gasteiger partial charge in [-0.15, -0.1) is 0 Å². The highest BCUT2D eigenvalue weighted by Gasteiger charge is 2.26. The third-order valence-electron chi connectivity index (χ3n) is 4.34. The quantitative estimate of drug-likeness (QED) is 0.884. The number of benzene rings is 1. The predicted molar refractivity (Wildman–Crippen MR) is 98.3 cm³/mol. The lowest BCUT2D eigenvalue weighted by Crippen LogP contribution is -2.47. The van der Waals surface area contributed by atoms with Crippen molar-refractivity contribution in [2.75, 3.05) is 25.5 Å². The van der Waals surface area contributed by atoms with Gasteiger partial charge in [-0.25, -0.2) is 9.78 Å². The molecular formula is C19H22N4O3. The molecule has 0 saturated carbocycles. The highest BCUT2D eigenvalue weighted by atomic mass is 16.5. The third-order valence-corrected chi connectivity index (χ3v) is 4.34. The van der Waals surface area contributed by atoms with Crippen molar-refractivity contribution >= 4 is 17.6 Å². The largest absolute Gasteiger partial charge is 0.480 e. The second-order valence-electron chi connectivity index (χ2n) is 6.09. The first kappa shape index (κ1) is 17.7. The summed E-state index contributed by atoms with van der Waals surface area (Å²) in [7, 11) is 1.50. The van der Waals surface area contributed by atoms with Gasteiger partial charge in [-0.1, -0.05) is 18.2 Å². The molecule has 1 fully saturated rings. The summed E-state index contributed by atoms with van der Waals surface area (Å²) in [5, 5.41) is 5.77. The van der Waals surface area contributed by atoms with Crippen LogP contribution in [-0.2, 0) is 0 Å². The molecule has 26 heavy (non-hydrogen) atoms. The van der Waals surface area contributed by atoms with E-state index < -0.39 is 0 Å². The number of piperidine rings is 1. The number of rotatable bonds is 4. The van der Waals surface area contributed by atoms with Crippen LogP contribution in [0.1, 0.15) is 23.2 Å². The van der Waals surface area contributed by atoms with Gasteiger partial charge >= 0.3 is 6.03 Å². The molecule has 0 bridgehead atoms. The van der Waals surface area contributed by atoms with Crippen molar-refractivity contribution in [3.05, 3.63) is 54.2 Å².